The fourth-order valence-electron chi connectivity index (χ4n) is 9.79. The van der Waals surface area contributed by atoms with Crippen LogP contribution < -0.4 is 16.0 Å². The molecule has 4 saturated heterocycles. The van der Waals surface area contributed by atoms with E-state index in [1.165, 1.54) is 29.7 Å². The fourth-order valence-corrected chi connectivity index (χ4v) is 10.3. The first-order valence-electron chi connectivity index (χ1n) is 21.0. The number of hydrogen-bond donors (Lipinski definition) is 5. The van der Waals surface area contributed by atoms with Crippen molar-refractivity contribution in [2.45, 2.75) is 127 Å². The molecule has 1 aromatic carbocycles. The molecule has 1 saturated carbocycles. The van der Waals surface area contributed by atoms with Crippen LogP contribution in [0.4, 0.5) is 8.78 Å². The SMILES string of the molecule is CCCC/C=C/C(=O)N[C@@H](Cc1cc(F)cc(F)c1)C(=O)N[C@@H]1C(=O)N2C[C@H](OP(=O)(O)O)C[C@H]2C(=O)N2CCCC[C@H]2C(=O)N[C@@H](C)C(=O)N2C[C@H](C)CC23C(=O)C3[C@H]1C. The summed E-state index contributed by atoms with van der Waals surface area (Å²) in [5, 5.41) is 7.98. The Bertz CT molecular complexity index is 2000. The van der Waals surface area contributed by atoms with Crippen molar-refractivity contribution >= 4 is 49.0 Å². The average molecular weight is 877 g/mol. The van der Waals surface area contributed by atoms with Gasteiger partial charge in [0.15, 0.2) is 5.78 Å². The number of phosphoric ester groups is 1. The first-order chi connectivity index (χ1) is 28.7. The highest BCUT2D eigenvalue weighted by Crippen LogP contribution is 2.57. The number of nitrogens with zero attached hydrogens (tertiary/aromatic N) is 3. The molecule has 10 atom stereocenters. The van der Waals surface area contributed by atoms with Crippen LogP contribution in [0, 0.1) is 29.4 Å². The fraction of sp³-hybridized carbons (Fsp3) is 0.634. The lowest BCUT2D eigenvalue weighted by Gasteiger charge is -2.39. The Hall–Kier alpha value is -4.58. The Labute approximate surface area is 352 Å². The highest BCUT2D eigenvalue weighted by molar-refractivity contribution is 7.46. The third kappa shape index (κ3) is 9.90. The minimum atomic E-state index is -5.17. The van der Waals surface area contributed by atoms with Gasteiger partial charge in [-0.25, -0.2) is 13.3 Å². The van der Waals surface area contributed by atoms with Crippen LogP contribution in [-0.4, -0.2) is 127 Å². The van der Waals surface area contributed by atoms with Crippen LogP contribution in [0.1, 0.15) is 84.6 Å². The van der Waals surface area contributed by atoms with E-state index in [1.54, 1.807) is 6.08 Å². The number of halogens is 2. The molecule has 17 nitrogen and oxygen atoms in total. The highest BCUT2D eigenvalue weighted by Gasteiger charge is 2.74. The molecule has 4 heterocycles. The van der Waals surface area contributed by atoms with E-state index in [0.717, 1.165) is 29.9 Å². The van der Waals surface area contributed by atoms with Gasteiger partial charge in [0.1, 0.15) is 47.4 Å². The number of piperidine rings is 1. The molecule has 61 heavy (non-hydrogen) atoms. The molecule has 6 rings (SSSR count). The summed E-state index contributed by atoms with van der Waals surface area (Å²) < 4.78 is 45.8. The zero-order valence-corrected chi connectivity index (χ0v) is 35.6. The highest BCUT2D eigenvalue weighted by atomic mass is 31.2. The lowest BCUT2D eigenvalue weighted by molar-refractivity contribution is -0.151. The largest absolute Gasteiger partial charge is 0.469 e. The monoisotopic (exact) mass is 876 g/mol. The minimum absolute atomic E-state index is 0.00391. The van der Waals surface area contributed by atoms with Crippen molar-refractivity contribution in [3.63, 3.8) is 0 Å². The summed E-state index contributed by atoms with van der Waals surface area (Å²) in [7, 11) is -5.17. The van der Waals surface area contributed by atoms with E-state index in [4.69, 9.17) is 4.52 Å². The normalized spacial score (nSPS) is 31.4. The van der Waals surface area contributed by atoms with Gasteiger partial charge in [-0.15, -0.1) is 0 Å². The molecular formula is C41H55F2N6O11P. The number of hydrogen-bond acceptors (Lipinski definition) is 9. The standard InChI is InChI=1S/C41H55F2N6O11P/c1-5-6-7-8-12-32(50)45-29(16-25-14-26(42)17-27(43)15-25)36(52)46-34-23(3)33-35(51)41(33)19-22(2)20-49(41)38(54)24(4)44-37(53)30-11-9-10-13-47(30)39(55)31-18-28(60-61(57,58)59)21-48(31)40(34)56/h8,12,14-15,17,22-24,28-31,33-34H,5-7,9-11,13,16,18-21H2,1-4H3,(H,44,53)(H,45,50)(H,46,52)(H2,57,58,59)/b12-8+/t22-,23-,24+,28-,29+,30+,31+,33?,34+,41?/m1/s1. The Kier molecular flexibility index (Phi) is 13.9. The average Bonchev–Trinajstić information content (AvgIpc) is 3.41. The maximum absolute atomic E-state index is 15.2. The van der Waals surface area contributed by atoms with Gasteiger partial charge in [-0.2, -0.15) is 0 Å². The number of fused-ring (bicyclic) bond motifs is 2. The van der Waals surface area contributed by atoms with Gasteiger partial charge in [0.05, 0.1) is 12.0 Å². The second kappa shape index (κ2) is 18.4. The second-order valence-electron chi connectivity index (χ2n) is 17.2. The number of unbranched alkanes of at least 4 members (excludes halogenated alkanes) is 2. The predicted molar refractivity (Wildman–Crippen MR) is 212 cm³/mol. The van der Waals surface area contributed by atoms with Crippen LogP contribution in [0.25, 0.3) is 0 Å². The van der Waals surface area contributed by atoms with E-state index in [1.807, 2.05) is 13.8 Å². The van der Waals surface area contributed by atoms with Crippen molar-refractivity contribution in [2.24, 2.45) is 17.8 Å². The molecule has 1 aromatic rings. The molecular weight excluding hydrogens is 821 g/mol. The predicted octanol–water partition coefficient (Wildman–Crippen LogP) is 1.64. The Morgan fingerprint density at radius 2 is 1.70 bits per heavy atom. The van der Waals surface area contributed by atoms with E-state index in [2.05, 4.69) is 16.0 Å². The van der Waals surface area contributed by atoms with Gasteiger partial charge in [-0.1, -0.05) is 39.7 Å². The number of nitrogens with one attached hydrogen (secondary N) is 3. The van der Waals surface area contributed by atoms with E-state index in [-0.39, 0.29) is 43.2 Å². The Balaban J connectivity index is 1.43. The molecule has 0 radical (unpaired) electrons. The van der Waals surface area contributed by atoms with Gasteiger partial charge in [0.25, 0.3) is 0 Å². The molecule has 5 aliphatic rings. The van der Waals surface area contributed by atoms with Crippen LogP contribution in [0.15, 0.2) is 30.4 Å². The van der Waals surface area contributed by atoms with Crippen molar-refractivity contribution < 1.29 is 61.2 Å². The lowest BCUT2D eigenvalue weighted by atomic mass is 9.90. The quantitative estimate of drug-likeness (QED) is 0.122. The van der Waals surface area contributed by atoms with Gasteiger partial charge in [0.2, 0.25) is 35.4 Å². The molecule has 4 aliphatic heterocycles. The first kappa shape index (κ1) is 45.9. The van der Waals surface area contributed by atoms with Crippen LogP contribution in [0.3, 0.4) is 0 Å². The van der Waals surface area contributed by atoms with Crippen LogP contribution in [0.5, 0.6) is 0 Å². The number of amides is 6. The molecule has 1 spiro atoms. The van der Waals surface area contributed by atoms with Gasteiger partial charge in [-0.05, 0) is 74.6 Å². The molecule has 2 unspecified atom stereocenters. The van der Waals surface area contributed by atoms with Gasteiger partial charge in [0, 0.05) is 38.5 Å². The lowest BCUT2D eigenvalue weighted by Crippen LogP contribution is -2.61. The zero-order valence-electron chi connectivity index (χ0n) is 34.7. The van der Waals surface area contributed by atoms with Crippen molar-refractivity contribution in [1.82, 2.24) is 30.7 Å². The number of allylic oxidation sites excluding steroid dienone is 1. The summed E-state index contributed by atoms with van der Waals surface area (Å²) >= 11 is 0. The molecule has 5 N–H and O–H groups in total. The van der Waals surface area contributed by atoms with Gasteiger partial charge < -0.3 is 40.4 Å². The number of benzene rings is 1. The molecule has 334 valence electrons. The van der Waals surface area contributed by atoms with Crippen molar-refractivity contribution in [2.75, 3.05) is 19.6 Å². The Morgan fingerprint density at radius 1 is 1.00 bits per heavy atom. The van der Waals surface area contributed by atoms with Crippen LogP contribution in [-0.2, 0) is 49.1 Å². The maximum Gasteiger partial charge on any atom is 0.469 e. The van der Waals surface area contributed by atoms with Crippen LogP contribution >= 0.6 is 7.82 Å². The number of phosphoric acid groups is 1. The Morgan fingerprint density at radius 3 is 2.38 bits per heavy atom. The molecule has 0 aromatic heterocycles. The molecule has 6 amide bonds. The van der Waals surface area contributed by atoms with Crippen molar-refractivity contribution in [3.8, 4) is 0 Å². The molecule has 5 fully saturated rings. The third-order valence-electron chi connectivity index (χ3n) is 12.6. The topological polar surface area (TPSA) is 232 Å². The number of carbonyl (C=O) groups excluding carboxylic acids is 7. The summed E-state index contributed by atoms with van der Waals surface area (Å²) in [5.41, 5.74) is -1.41. The van der Waals surface area contributed by atoms with Crippen molar-refractivity contribution in [1.29, 1.82) is 0 Å². The van der Waals surface area contributed by atoms with Crippen molar-refractivity contribution in [3.05, 3.63) is 47.5 Å². The number of carbonyl (C=O) groups is 7. The van der Waals surface area contributed by atoms with Gasteiger partial charge in [-0.3, -0.25) is 38.1 Å². The number of ketones is 1. The van der Waals surface area contributed by atoms with E-state index >= 15 is 4.79 Å². The maximum atomic E-state index is 15.2. The van der Waals surface area contributed by atoms with E-state index in [9.17, 15) is 51.9 Å². The molecule has 20 heteroatoms. The summed E-state index contributed by atoms with van der Waals surface area (Å²) in [6.45, 7) is 6.56. The summed E-state index contributed by atoms with van der Waals surface area (Å²) in [4.78, 5) is 123. The van der Waals surface area contributed by atoms with Gasteiger partial charge >= 0.3 is 7.82 Å². The first-order valence-corrected chi connectivity index (χ1v) is 22.5. The molecule has 1 aliphatic carbocycles. The van der Waals surface area contributed by atoms with E-state index < -0.39 is 128 Å². The third-order valence-corrected chi connectivity index (χ3v) is 13.2. The summed E-state index contributed by atoms with van der Waals surface area (Å²) in [6, 6.07) is -4.22. The smallest absolute Gasteiger partial charge is 0.343 e. The molecule has 0 bridgehead atoms. The summed E-state index contributed by atoms with van der Waals surface area (Å²) in [6.07, 6.45) is 4.32. The minimum Gasteiger partial charge on any atom is -0.343 e. The number of Topliss-reactive ketones (excluding diaryl/α,β-unsaturated/α-hetero) is 1. The zero-order chi connectivity index (χ0) is 44.6. The van der Waals surface area contributed by atoms with Crippen LogP contribution in [0.2, 0.25) is 0 Å². The number of rotatable bonds is 11. The van der Waals surface area contributed by atoms with E-state index in [0.29, 0.717) is 25.3 Å². The summed E-state index contributed by atoms with van der Waals surface area (Å²) in [5.74, 6) is -9.08. The second-order valence-corrected chi connectivity index (χ2v) is 18.4.